The summed E-state index contributed by atoms with van der Waals surface area (Å²) in [5.74, 6) is -0.254. The maximum absolute atomic E-state index is 13.0. The van der Waals surface area contributed by atoms with Gasteiger partial charge in [-0.05, 0) is 19.1 Å². The first-order valence-corrected chi connectivity index (χ1v) is 9.91. The number of sulfonamides is 1. The second kappa shape index (κ2) is 7.98. The van der Waals surface area contributed by atoms with Crippen LogP contribution in [0.5, 0.6) is 0 Å². The van der Waals surface area contributed by atoms with Crippen molar-refractivity contribution in [3.05, 3.63) is 42.7 Å². The molecule has 0 saturated carbocycles. The molecule has 0 aliphatic carbocycles. The average molecular weight is 378 g/mol. The van der Waals surface area contributed by atoms with E-state index in [1.165, 1.54) is 16.7 Å². The standard InChI is InChI=1S/C17H22N4O4S/c1-2-20-12-16(11-18-20)26(23,24)21-8-9-25-13-15(21)10-17(22)19-14-6-4-3-5-7-14/h3-7,11-12,15H,2,8-10,13H2,1H3,(H,19,22)/t15-/m0/s1. The number of morpholine rings is 1. The van der Waals surface area contributed by atoms with E-state index in [9.17, 15) is 13.2 Å². The number of rotatable bonds is 6. The van der Waals surface area contributed by atoms with E-state index in [0.29, 0.717) is 18.8 Å². The largest absolute Gasteiger partial charge is 0.378 e. The van der Waals surface area contributed by atoms with E-state index in [4.69, 9.17) is 4.74 Å². The molecule has 2 heterocycles. The minimum Gasteiger partial charge on any atom is -0.378 e. The third-order valence-corrected chi connectivity index (χ3v) is 6.10. The monoisotopic (exact) mass is 378 g/mol. The van der Waals surface area contributed by atoms with Gasteiger partial charge in [0, 0.05) is 31.4 Å². The molecule has 1 amide bonds. The molecule has 140 valence electrons. The van der Waals surface area contributed by atoms with E-state index < -0.39 is 16.1 Å². The number of carbonyl (C=O) groups excluding carboxylic acids is 1. The summed E-state index contributed by atoms with van der Waals surface area (Å²) in [7, 11) is -3.73. The Morgan fingerprint density at radius 1 is 1.35 bits per heavy atom. The zero-order valence-corrected chi connectivity index (χ0v) is 15.4. The Balaban J connectivity index is 1.74. The van der Waals surface area contributed by atoms with Gasteiger partial charge in [0.25, 0.3) is 0 Å². The lowest BCUT2D eigenvalue weighted by Gasteiger charge is -2.33. The highest BCUT2D eigenvalue weighted by Gasteiger charge is 2.36. The van der Waals surface area contributed by atoms with Gasteiger partial charge >= 0.3 is 0 Å². The van der Waals surface area contributed by atoms with Gasteiger partial charge in [-0.3, -0.25) is 9.48 Å². The minimum absolute atomic E-state index is 0.0238. The molecule has 1 aromatic carbocycles. The van der Waals surface area contributed by atoms with Gasteiger partial charge in [0.1, 0.15) is 4.90 Å². The Bertz CT molecular complexity index is 851. The lowest BCUT2D eigenvalue weighted by molar-refractivity contribution is -0.118. The number of nitrogens with zero attached hydrogens (tertiary/aromatic N) is 3. The number of ether oxygens (including phenoxy) is 1. The van der Waals surface area contributed by atoms with E-state index >= 15 is 0 Å². The second-order valence-electron chi connectivity index (χ2n) is 5.99. The van der Waals surface area contributed by atoms with Crippen LogP contribution in [-0.2, 0) is 26.1 Å². The summed E-state index contributed by atoms with van der Waals surface area (Å²) in [6.07, 6.45) is 2.87. The molecule has 1 N–H and O–H groups in total. The third kappa shape index (κ3) is 4.12. The van der Waals surface area contributed by atoms with Crippen LogP contribution in [0, 0.1) is 0 Å². The van der Waals surface area contributed by atoms with Crippen LogP contribution in [0.4, 0.5) is 5.69 Å². The van der Waals surface area contributed by atoms with Gasteiger partial charge < -0.3 is 10.1 Å². The molecule has 1 aliphatic heterocycles. The Kier molecular flexibility index (Phi) is 5.70. The Morgan fingerprint density at radius 2 is 2.12 bits per heavy atom. The van der Waals surface area contributed by atoms with Crippen molar-refractivity contribution in [1.82, 2.24) is 14.1 Å². The lowest BCUT2D eigenvalue weighted by atomic mass is 10.2. The molecule has 1 fully saturated rings. The smallest absolute Gasteiger partial charge is 0.246 e. The fourth-order valence-corrected chi connectivity index (χ4v) is 4.40. The van der Waals surface area contributed by atoms with Crippen molar-refractivity contribution in [2.24, 2.45) is 0 Å². The maximum Gasteiger partial charge on any atom is 0.246 e. The first kappa shape index (κ1) is 18.6. The van der Waals surface area contributed by atoms with Crippen LogP contribution < -0.4 is 5.32 Å². The summed E-state index contributed by atoms with van der Waals surface area (Å²) in [4.78, 5) is 12.5. The number of para-hydroxylation sites is 1. The lowest BCUT2D eigenvalue weighted by Crippen LogP contribution is -2.49. The highest BCUT2D eigenvalue weighted by Crippen LogP contribution is 2.22. The SMILES string of the molecule is CCn1cc(S(=O)(=O)N2CCOC[C@@H]2CC(=O)Nc2ccccc2)cn1. The van der Waals surface area contributed by atoms with Gasteiger partial charge in [0.15, 0.2) is 0 Å². The molecule has 3 rings (SSSR count). The van der Waals surface area contributed by atoms with Crippen LogP contribution in [0.3, 0.4) is 0 Å². The maximum atomic E-state index is 13.0. The highest BCUT2D eigenvalue weighted by atomic mass is 32.2. The molecular formula is C17H22N4O4S. The first-order chi connectivity index (χ1) is 12.5. The molecule has 1 atom stereocenters. The molecule has 26 heavy (non-hydrogen) atoms. The van der Waals surface area contributed by atoms with Gasteiger partial charge in [-0.15, -0.1) is 0 Å². The molecule has 1 saturated heterocycles. The van der Waals surface area contributed by atoms with E-state index in [2.05, 4.69) is 10.4 Å². The summed E-state index contributed by atoms with van der Waals surface area (Å²) in [6, 6.07) is 8.51. The zero-order chi connectivity index (χ0) is 18.6. The normalized spacial score (nSPS) is 18.6. The molecule has 0 unspecified atom stereocenters. The second-order valence-corrected chi connectivity index (χ2v) is 7.89. The van der Waals surface area contributed by atoms with E-state index in [1.54, 1.807) is 16.8 Å². The summed E-state index contributed by atoms with van der Waals surface area (Å²) >= 11 is 0. The number of amides is 1. The quantitative estimate of drug-likeness (QED) is 0.818. The van der Waals surface area contributed by atoms with Gasteiger partial charge in [-0.2, -0.15) is 9.40 Å². The van der Waals surface area contributed by atoms with Gasteiger partial charge in [-0.1, -0.05) is 18.2 Å². The van der Waals surface area contributed by atoms with Gasteiger partial charge in [-0.25, -0.2) is 8.42 Å². The Morgan fingerprint density at radius 3 is 2.81 bits per heavy atom. The van der Waals surface area contributed by atoms with E-state index in [1.807, 2.05) is 25.1 Å². The molecule has 0 radical (unpaired) electrons. The number of hydrogen-bond donors (Lipinski definition) is 1. The summed E-state index contributed by atoms with van der Waals surface area (Å²) in [5.41, 5.74) is 0.674. The average Bonchev–Trinajstić information content (AvgIpc) is 3.13. The van der Waals surface area contributed by atoms with Gasteiger partial charge in [0.05, 0.1) is 25.5 Å². The van der Waals surface area contributed by atoms with E-state index in [-0.39, 0.29) is 30.4 Å². The number of anilines is 1. The molecule has 2 aromatic rings. The van der Waals surface area contributed by atoms with Crippen LogP contribution in [0.2, 0.25) is 0 Å². The number of carbonyl (C=O) groups is 1. The topological polar surface area (TPSA) is 93.5 Å². The van der Waals surface area contributed by atoms with Gasteiger partial charge in [0.2, 0.25) is 15.9 Å². The predicted molar refractivity (Wildman–Crippen MR) is 96.1 cm³/mol. The molecule has 1 aliphatic rings. The predicted octanol–water partition coefficient (Wildman–Crippen LogP) is 1.32. The van der Waals surface area contributed by atoms with Crippen molar-refractivity contribution in [3.63, 3.8) is 0 Å². The van der Waals surface area contributed by atoms with Crippen LogP contribution in [0.25, 0.3) is 0 Å². The van der Waals surface area contributed by atoms with Crippen molar-refractivity contribution >= 4 is 21.6 Å². The van der Waals surface area contributed by atoms with Crippen molar-refractivity contribution in [3.8, 4) is 0 Å². The Labute approximate surface area is 152 Å². The summed E-state index contributed by atoms with van der Waals surface area (Å²) in [6.45, 7) is 3.17. The number of aromatic nitrogens is 2. The summed E-state index contributed by atoms with van der Waals surface area (Å²) < 4.78 is 34.2. The number of hydrogen-bond acceptors (Lipinski definition) is 5. The third-order valence-electron chi connectivity index (χ3n) is 4.19. The first-order valence-electron chi connectivity index (χ1n) is 8.47. The fraction of sp³-hybridized carbons (Fsp3) is 0.412. The Hall–Kier alpha value is -2.23. The molecule has 8 nitrogen and oxygen atoms in total. The van der Waals surface area contributed by atoms with Crippen molar-refractivity contribution in [1.29, 1.82) is 0 Å². The molecule has 0 bridgehead atoms. The summed E-state index contributed by atoms with van der Waals surface area (Å²) in [5, 5.41) is 6.82. The fourth-order valence-electron chi connectivity index (χ4n) is 2.85. The van der Waals surface area contributed by atoms with Crippen molar-refractivity contribution in [2.45, 2.75) is 30.8 Å². The van der Waals surface area contributed by atoms with Crippen LogP contribution in [-0.4, -0.2) is 54.2 Å². The zero-order valence-electron chi connectivity index (χ0n) is 14.5. The van der Waals surface area contributed by atoms with Crippen LogP contribution in [0.15, 0.2) is 47.6 Å². The minimum atomic E-state index is -3.73. The van der Waals surface area contributed by atoms with Crippen LogP contribution in [0.1, 0.15) is 13.3 Å². The van der Waals surface area contributed by atoms with Crippen molar-refractivity contribution in [2.75, 3.05) is 25.1 Å². The molecule has 0 spiro atoms. The van der Waals surface area contributed by atoms with E-state index in [0.717, 1.165) is 0 Å². The molecular weight excluding hydrogens is 356 g/mol. The van der Waals surface area contributed by atoms with Crippen LogP contribution >= 0.6 is 0 Å². The number of aryl methyl sites for hydroxylation is 1. The molecule has 9 heteroatoms. The molecule has 1 aromatic heterocycles. The van der Waals surface area contributed by atoms with Crippen molar-refractivity contribution < 1.29 is 17.9 Å². The number of benzene rings is 1. The number of nitrogens with one attached hydrogen (secondary N) is 1. The highest BCUT2D eigenvalue weighted by molar-refractivity contribution is 7.89.